The van der Waals surface area contributed by atoms with Gasteiger partial charge in [-0.05, 0) is 11.4 Å². The van der Waals surface area contributed by atoms with E-state index >= 15 is 0 Å². The van der Waals surface area contributed by atoms with Gasteiger partial charge in [-0.1, -0.05) is 0 Å². The Morgan fingerprint density at radius 1 is 1.40 bits per heavy atom. The third-order valence-corrected chi connectivity index (χ3v) is 3.63. The first kappa shape index (κ1) is 12.1. The molecule has 0 unspecified atom stereocenters. The second-order valence-corrected chi connectivity index (χ2v) is 4.40. The fraction of sp³-hybridized carbons (Fsp3) is 0.333. The lowest BCUT2D eigenvalue weighted by molar-refractivity contribution is -0.137. The van der Waals surface area contributed by atoms with Crippen molar-refractivity contribution in [1.29, 1.82) is 0 Å². The van der Waals surface area contributed by atoms with E-state index in [9.17, 15) is 9.59 Å². The van der Waals surface area contributed by atoms with Gasteiger partial charge in [0.25, 0.3) is 0 Å². The van der Waals surface area contributed by atoms with E-state index in [0.717, 1.165) is 4.90 Å². The van der Waals surface area contributed by atoms with Crippen LogP contribution in [0.1, 0.15) is 9.67 Å². The van der Waals surface area contributed by atoms with Crippen molar-refractivity contribution in [1.82, 2.24) is 0 Å². The minimum absolute atomic E-state index is 0.192. The number of hydrogen-bond acceptors (Lipinski definition) is 6. The van der Waals surface area contributed by atoms with Crippen LogP contribution in [-0.2, 0) is 14.3 Å². The second-order valence-electron chi connectivity index (χ2n) is 2.47. The van der Waals surface area contributed by atoms with E-state index in [1.807, 2.05) is 0 Å². The predicted octanol–water partition coefficient (Wildman–Crippen LogP) is 1.80. The lowest BCUT2D eigenvalue weighted by Crippen LogP contribution is -2.04. The minimum atomic E-state index is -0.377. The van der Waals surface area contributed by atoms with Gasteiger partial charge in [-0.2, -0.15) is 0 Å². The summed E-state index contributed by atoms with van der Waals surface area (Å²) in [5, 5.41) is 1.78. The highest BCUT2D eigenvalue weighted by Crippen LogP contribution is 2.28. The monoisotopic (exact) mass is 246 g/mol. The number of carbonyl (C=O) groups excluding carboxylic acids is 2. The van der Waals surface area contributed by atoms with E-state index in [0.29, 0.717) is 4.88 Å². The highest BCUT2D eigenvalue weighted by atomic mass is 32.2. The zero-order chi connectivity index (χ0) is 11.3. The lowest BCUT2D eigenvalue weighted by atomic mass is 10.5. The molecule has 6 heteroatoms. The molecule has 0 aliphatic carbocycles. The third-order valence-electron chi connectivity index (χ3n) is 1.57. The molecule has 15 heavy (non-hydrogen) atoms. The number of thiophene rings is 1. The molecule has 0 fully saturated rings. The number of thioether (sulfide) groups is 1. The summed E-state index contributed by atoms with van der Waals surface area (Å²) < 4.78 is 9.11. The zero-order valence-corrected chi connectivity index (χ0v) is 9.94. The molecule has 1 rings (SSSR count). The number of esters is 2. The first-order valence-corrected chi connectivity index (χ1v) is 5.91. The van der Waals surface area contributed by atoms with Crippen LogP contribution in [-0.4, -0.2) is 31.9 Å². The van der Waals surface area contributed by atoms with Crippen molar-refractivity contribution in [3.63, 3.8) is 0 Å². The SMILES string of the molecule is COC(=O)CSc1ccsc1C(=O)OC. The highest BCUT2D eigenvalue weighted by molar-refractivity contribution is 8.00. The molecule has 0 bridgehead atoms. The fourth-order valence-corrected chi connectivity index (χ4v) is 2.73. The molecule has 0 atom stereocenters. The maximum absolute atomic E-state index is 11.3. The van der Waals surface area contributed by atoms with Gasteiger partial charge in [-0.3, -0.25) is 4.79 Å². The number of rotatable bonds is 4. The van der Waals surface area contributed by atoms with E-state index in [1.165, 1.54) is 37.3 Å². The molecule has 4 nitrogen and oxygen atoms in total. The number of hydrogen-bond donors (Lipinski definition) is 0. The van der Waals surface area contributed by atoms with Crippen molar-refractivity contribution < 1.29 is 19.1 Å². The van der Waals surface area contributed by atoms with Crippen LogP contribution in [0.15, 0.2) is 16.3 Å². The molecule has 0 spiro atoms. The molecule has 0 radical (unpaired) electrons. The predicted molar refractivity (Wildman–Crippen MR) is 58.4 cm³/mol. The fourth-order valence-electron chi connectivity index (χ4n) is 0.848. The van der Waals surface area contributed by atoms with E-state index in [2.05, 4.69) is 9.47 Å². The van der Waals surface area contributed by atoms with Gasteiger partial charge < -0.3 is 9.47 Å². The Morgan fingerprint density at radius 3 is 2.73 bits per heavy atom. The summed E-state index contributed by atoms with van der Waals surface area (Å²) >= 11 is 2.56. The van der Waals surface area contributed by atoms with E-state index in [-0.39, 0.29) is 17.7 Å². The molecular weight excluding hydrogens is 236 g/mol. The molecule has 0 saturated carbocycles. The summed E-state index contributed by atoms with van der Waals surface area (Å²) in [4.78, 5) is 23.4. The van der Waals surface area contributed by atoms with Crippen LogP contribution in [0.25, 0.3) is 0 Å². The van der Waals surface area contributed by atoms with E-state index in [1.54, 1.807) is 11.4 Å². The van der Waals surface area contributed by atoms with Crippen molar-refractivity contribution >= 4 is 35.0 Å². The van der Waals surface area contributed by atoms with Gasteiger partial charge >= 0.3 is 11.9 Å². The topological polar surface area (TPSA) is 52.6 Å². The molecule has 0 aliphatic heterocycles. The summed E-state index contributed by atoms with van der Waals surface area (Å²) in [5.41, 5.74) is 0. The van der Waals surface area contributed by atoms with Crippen LogP contribution in [0.3, 0.4) is 0 Å². The smallest absolute Gasteiger partial charge is 0.349 e. The minimum Gasteiger partial charge on any atom is -0.468 e. The third kappa shape index (κ3) is 3.24. The average Bonchev–Trinajstić information content (AvgIpc) is 2.72. The van der Waals surface area contributed by atoms with Gasteiger partial charge in [0.2, 0.25) is 0 Å². The van der Waals surface area contributed by atoms with Crippen molar-refractivity contribution in [3.8, 4) is 0 Å². The van der Waals surface area contributed by atoms with Gasteiger partial charge in [-0.15, -0.1) is 23.1 Å². The van der Waals surface area contributed by atoms with Gasteiger partial charge in [0.1, 0.15) is 4.88 Å². The Balaban J connectivity index is 2.65. The van der Waals surface area contributed by atoms with Crippen molar-refractivity contribution in [3.05, 3.63) is 16.3 Å². The largest absolute Gasteiger partial charge is 0.468 e. The number of ether oxygens (including phenoxy) is 2. The second kappa shape index (κ2) is 5.77. The maximum Gasteiger partial charge on any atom is 0.349 e. The molecule has 1 heterocycles. The summed E-state index contributed by atoms with van der Waals surface area (Å²) in [6, 6.07) is 1.78. The first-order valence-electron chi connectivity index (χ1n) is 4.04. The summed E-state index contributed by atoms with van der Waals surface area (Å²) in [6.45, 7) is 0. The molecule has 82 valence electrons. The van der Waals surface area contributed by atoms with Gasteiger partial charge in [0.05, 0.1) is 20.0 Å². The molecule has 0 aliphatic rings. The van der Waals surface area contributed by atoms with Crippen molar-refractivity contribution in [2.24, 2.45) is 0 Å². The van der Waals surface area contributed by atoms with Gasteiger partial charge in [-0.25, -0.2) is 4.79 Å². The van der Waals surface area contributed by atoms with Crippen molar-refractivity contribution in [2.75, 3.05) is 20.0 Å². The first-order chi connectivity index (χ1) is 7.19. The molecule has 0 N–H and O–H groups in total. The normalized spacial score (nSPS) is 9.73. The zero-order valence-electron chi connectivity index (χ0n) is 8.31. The van der Waals surface area contributed by atoms with E-state index < -0.39 is 0 Å². The van der Waals surface area contributed by atoms with Gasteiger partial charge in [0, 0.05) is 4.90 Å². The van der Waals surface area contributed by atoms with Crippen molar-refractivity contribution in [2.45, 2.75) is 4.90 Å². The quantitative estimate of drug-likeness (QED) is 0.599. The Hall–Kier alpha value is -1.01. The average molecular weight is 246 g/mol. The van der Waals surface area contributed by atoms with Crippen LogP contribution >= 0.6 is 23.1 Å². The highest BCUT2D eigenvalue weighted by Gasteiger charge is 2.14. The number of carbonyl (C=O) groups is 2. The van der Waals surface area contributed by atoms with Crippen LogP contribution in [0.2, 0.25) is 0 Å². The van der Waals surface area contributed by atoms with E-state index in [4.69, 9.17) is 0 Å². The van der Waals surface area contributed by atoms with Crippen LogP contribution in [0, 0.1) is 0 Å². The molecule has 0 aromatic carbocycles. The summed E-state index contributed by atoms with van der Waals surface area (Å²) in [6.07, 6.45) is 0. The lowest BCUT2D eigenvalue weighted by Gasteiger charge is -2.00. The Bertz CT molecular complexity index is 359. The number of methoxy groups -OCH3 is 2. The Morgan fingerprint density at radius 2 is 2.13 bits per heavy atom. The Kier molecular flexibility index (Phi) is 4.64. The molecular formula is C9H10O4S2. The van der Waals surface area contributed by atoms with Crippen LogP contribution in [0.4, 0.5) is 0 Å². The maximum atomic E-state index is 11.3. The van der Waals surface area contributed by atoms with Gasteiger partial charge in [0.15, 0.2) is 0 Å². The molecule has 1 aromatic rings. The molecule has 0 saturated heterocycles. The van der Waals surface area contributed by atoms with Crippen LogP contribution in [0.5, 0.6) is 0 Å². The van der Waals surface area contributed by atoms with Crippen LogP contribution < -0.4 is 0 Å². The summed E-state index contributed by atoms with van der Waals surface area (Å²) in [7, 11) is 2.66. The summed E-state index contributed by atoms with van der Waals surface area (Å²) in [5.74, 6) is -0.503. The standard InChI is InChI=1S/C9H10O4S2/c1-12-7(10)5-15-6-3-4-14-8(6)9(11)13-2/h3-4H,5H2,1-2H3. The molecule has 0 amide bonds. The molecule has 1 aromatic heterocycles. The Labute approximate surface area is 95.6 Å².